The number of halogens is 1. The van der Waals surface area contributed by atoms with Gasteiger partial charge in [0, 0.05) is 0 Å². The average molecular weight is 431 g/mol. The highest BCUT2D eigenvalue weighted by Gasteiger charge is 2.18. The number of hydrogen-bond donors (Lipinski definition) is 0. The quantitative estimate of drug-likeness (QED) is 0.593. The fourth-order valence-corrected chi connectivity index (χ4v) is 6.10. The lowest BCUT2D eigenvalue weighted by molar-refractivity contribution is -0.141. The molecular formula is C16H15ClN2O4S3. The van der Waals surface area contributed by atoms with Gasteiger partial charge in [0.15, 0.2) is 0 Å². The van der Waals surface area contributed by atoms with E-state index in [0.717, 1.165) is 32.7 Å². The zero-order chi connectivity index (χ0) is 19.1. The van der Waals surface area contributed by atoms with Crippen LogP contribution in [0.1, 0.15) is 11.1 Å². The molecule has 0 amide bonds. The highest BCUT2D eigenvalue weighted by atomic mass is 35.5. The van der Waals surface area contributed by atoms with Crippen molar-refractivity contribution >= 4 is 60.5 Å². The Kier molecular flexibility index (Phi) is 5.25. The summed E-state index contributed by atoms with van der Waals surface area (Å²) in [7, 11) is -2.64. The minimum atomic E-state index is -3.93. The number of aryl methyl sites for hydroxylation is 2. The van der Waals surface area contributed by atoms with Gasteiger partial charge in [-0.2, -0.15) is 8.42 Å². The summed E-state index contributed by atoms with van der Waals surface area (Å²) in [5, 5.41) is 0. The van der Waals surface area contributed by atoms with Gasteiger partial charge >= 0.3 is 5.97 Å². The van der Waals surface area contributed by atoms with Crippen molar-refractivity contribution in [2.24, 2.45) is 4.40 Å². The summed E-state index contributed by atoms with van der Waals surface area (Å²) >= 11 is 7.98. The van der Waals surface area contributed by atoms with Gasteiger partial charge in [0.1, 0.15) is 10.8 Å². The van der Waals surface area contributed by atoms with E-state index in [4.69, 9.17) is 16.3 Å². The molecule has 0 aliphatic heterocycles. The van der Waals surface area contributed by atoms with E-state index in [9.17, 15) is 13.2 Å². The molecule has 0 saturated carbocycles. The molecule has 26 heavy (non-hydrogen) atoms. The van der Waals surface area contributed by atoms with Crippen LogP contribution in [0.2, 0.25) is 4.34 Å². The van der Waals surface area contributed by atoms with Gasteiger partial charge in [-0.05, 0) is 49.2 Å². The fourth-order valence-electron chi connectivity index (χ4n) is 2.32. The molecule has 0 spiro atoms. The lowest BCUT2D eigenvalue weighted by atomic mass is 10.1. The molecule has 1 aromatic carbocycles. The highest BCUT2D eigenvalue weighted by Crippen LogP contribution is 2.27. The first kappa shape index (κ1) is 19.1. The van der Waals surface area contributed by atoms with Crippen LogP contribution in [-0.4, -0.2) is 26.1 Å². The number of carbonyl (C=O) groups excluding carboxylic acids is 1. The molecule has 0 atom stereocenters. The number of nitrogens with zero attached hydrogens (tertiary/aromatic N) is 2. The molecule has 3 rings (SSSR count). The van der Waals surface area contributed by atoms with Crippen molar-refractivity contribution in [3.63, 3.8) is 0 Å². The summed E-state index contributed by atoms with van der Waals surface area (Å²) in [4.78, 5) is 12.0. The largest absolute Gasteiger partial charge is 0.468 e. The number of rotatable bonds is 4. The zero-order valence-electron chi connectivity index (χ0n) is 14.1. The minimum Gasteiger partial charge on any atom is -0.468 e. The minimum absolute atomic E-state index is 0.0527. The summed E-state index contributed by atoms with van der Waals surface area (Å²) in [6, 6.07) is 6.79. The Bertz CT molecular complexity index is 1170. The molecule has 0 saturated heterocycles. The number of benzene rings is 1. The van der Waals surface area contributed by atoms with Crippen molar-refractivity contribution in [1.82, 2.24) is 4.57 Å². The number of carbonyl (C=O) groups is 1. The molecule has 0 bridgehead atoms. The molecule has 6 nitrogen and oxygen atoms in total. The number of ether oxygens (including phenoxy) is 1. The lowest BCUT2D eigenvalue weighted by Gasteiger charge is -2.05. The Morgan fingerprint density at radius 2 is 1.92 bits per heavy atom. The first-order chi connectivity index (χ1) is 12.2. The highest BCUT2D eigenvalue weighted by molar-refractivity contribution is 7.92. The molecule has 3 aromatic rings. The Morgan fingerprint density at radius 1 is 1.23 bits per heavy atom. The van der Waals surface area contributed by atoms with Crippen LogP contribution in [0.5, 0.6) is 0 Å². The number of aromatic nitrogens is 1. The Hall–Kier alpha value is -1.68. The van der Waals surface area contributed by atoms with E-state index in [1.807, 2.05) is 26.0 Å². The normalized spacial score (nSPS) is 12.7. The standard InChI is InChI=1S/C16H15ClN2O4S3/c1-9-6-11-12(7-10(9)2)24-16(19(11)8-14(20)23-3)18-26(21,22)15-5-4-13(17)25-15/h4-7H,8H2,1-3H3. The molecule has 0 aliphatic carbocycles. The van der Waals surface area contributed by atoms with E-state index in [2.05, 4.69) is 4.40 Å². The number of thiophene rings is 1. The van der Waals surface area contributed by atoms with Crippen LogP contribution in [-0.2, 0) is 26.1 Å². The molecule has 2 aromatic heterocycles. The molecule has 2 heterocycles. The van der Waals surface area contributed by atoms with Crippen molar-refractivity contribution in [1.29, 1.82) is 0 Å². The maximum Gasteiger partial charge on any atom is 0.325 e. The van der Waals surface area contributed by atoms with Crippen LogP contribution in [0.4, 0.5) is 0 Å². The molecule has 0 aliphatic rings. The van der Waals surface area contributed by atoms with Gasteiger partial charge in [-0.1, -0.05) is 22.9 Å². The molecular weight excluding hydrogens is 416 g/mol. The summed E-state index contributed by atoms with van der Waals surface area (Å²) in [6.45, 7) is 3.80. The van der Waals surface area contributed by atoms with E-state index >= 15 is 0 Å². The number of methoxy groups -OCH3 is 1. The number of thiazole rings is 1. The third-order valence-corrected chi connectivity index (χ3v) is 7.94. The van der Waals surface area contributed by atoms with E-state index in [1.54, 1.807) is 4.57 Å². The van der Waals surface area contributed by atoms with Gasteiger partial charge in [0.25, 0.3) is 10.0 Å². The van der Waals surface area contributed by atoms with Crippen LogP contribution in [0.25, 0.3) is 10.2 Å². The second-order valence-electron chi connectivity index (χ2n) is 5.58. The molecule has 0 fully saturated rings. The predicted octanol–water partition coefficient (Wildman–Crippen LogP) is 3.50. The molecule has 0 unspecified atom stereocenters. The van der Waals surface area contributed by atoms with Crippen molar-refractivity contribution in [2.75, 3.05) is 7.11 Å². The van der Waals surface area contributed by atoms with Gasteiger partial charge in [0.05, 0.1) is 21.7 Å². The van der Waals surface area contributed by atoms with Gasteiger partial charge in [-0.3, -0.25) is 4.79 Å². The summed E-state index contributed by atoms with van der Waals surface area (Å²) in [6.07, 6.45) is 0. The van der Waals surface area contributed by atoms with Gasteiger partial charge in [-0.25, -0.2) is 0 Å². The first-order valence-electron chi connectivity index (χ1n) is 7.45. The lowest BCUT2D eigenvalue weighted by Crippen LogP contribution is -2.22. The van der Waals surface area contributed by atoms with Crippen LogP contribution >= 0.6 is 34.3 Å². The van der Waals surface area contributed by atoms with Crippen LogP contribution in [0.3, 0.4) is 0 Å². The first-order valence-corrected chi connectivity index (χ1v) is 10.9. The zero-order valence-corrected chi connectivity index (χ0v) is 17.4. The van der Waals surface area contributed by atoms with Crippen LogP contribution in [0, 0.1) is 13.8 Å². The van der Waals surface area contributed by atoms with Gasteiger partial charge in [0.2, 0.25) is 4.80 Å². The average Bonchev–Trinajstić information content (AvgIpc) is 3.13. The Labute approximate surface area is 163 Å². The van der Waals surface area contributed by atoms with Gasteiger partial charge in [-0.15, -0.1) is 15.7 Å². The monoisotopic (exact) mass is 430 g/mol. The van der Waals surface area contributed by atoms with Crippen molar-refractivity contribution in [3.8, 4) is 0 Å². The second-order valence-corrected chi connectivity index (χ2v) is 10.1. The number of esters is 1. The molecule has 138 valence electrons. The Morgan fingerprint density at radius 3 is 2.54 bits per heavy atom. The maximum absolute atomic E-state index is 12.6. The molecule has 0 N–H and O–H groups in total. The number of fused-ring (bicyclic) bond motifs is 1. The number of sulfonamides is 1. The van der Waals surface area contributed by atoms with E-state index in [-0.39, 0.29) is 15.6 Å². The van der Waals surface area contributed by atoms with E-state index in [0.29, 0.717) is 4.34 Å². The Balaban J connectivity index is 2.27. The van der Waals surface area contributed by atoms with Crippen LogP contribution < -0.4 is 4.80 Å². The third kappa shape index (κ3) is 3.71. The molecule has 0 radical (unpaired) electrons. The smallest absolute Gasteiger partial charge is 0.325 e. The topological polar surface area (TPSA) is 77.7 Å². The maximum atomic E-state index is 12.6. The molecule has 10 heteroatoms. The van der Waals surface area contributed by atoms with Crippen LogP contribution in [0.15, 0.2) is 32.9 Å². The summed E-state index contributed by atoms with van der Waals surface area (Å²) in [5.41, 5.74) is 2.85. The third-order valence-electron chi connectivity index (χ3n) is 3.81. The fraction of sp³-hybridized carbons (Fsp3) is 0.250. The summed E-state index contributed by atoms with van der Waals surface area (Å²) < 4.78 is 36.7. The number of hydrogen-bond acceptors (Lipinski definition) is 6. The van der Waals surface area contributed by atoms with Crippen molar-refractivity contribution in [3.05, 3.63) is 44.5 Å². The predicted molar refractivity (Wildman–Crippen MR) is 103 cm³/mol. The van der Waals surface area contributed by atoms with Gasteiger partial charge < -0.3 is 9.30 Å². The summed E-state index contributed by atoms with van der Waals surface area (Å²) in [5.74, 6) is -0.485. The second kappa shape index (κ2) is 7.15. The SMILES string of the molecule is COC(=O)Cn1c(=NS(=O)(=O)c2ccc(Cl)s2)sc2cc(C)c(C)cc21. The van der Waals surface area contributed by atoms with Crippen molar-refractivity contribution in [2.45, 2.75) is 24.6 Å². The van der Waals surface area contributed by atoms with E-state index in [1.165, 1.54) is 30.6 Å². The van der Waals surface area contributed by atoms with E-state index < -0.39 is 16.0 Å². The van der Waals surface area contributed by atoms with Crippen molar-refractivity contribution < 1.29 is 17.9 Å².